The fraction of sp³-hybridized carbons (Fsp3) is 0.250. The largest absolute Gasteiger partial charge is 0.391 e. The second kappa shape index (κ2) is 12.3. The molecule has 5 aromatic rings. The molecular formula is C36H36N4O4. The number of carbonyl (C=O) groups excluding carboxylic acids is 3. The zero-order valence-electron chi connectivity index (χ0n) is 24.9. The van der Waals surface area contributed by atoms with Gasteiger partial charge in [0.1, 0.15) is 12.1 Å². The van der Waals surface area contributed by atoms with E-state index >= 15 is 0 Å². The van der Waals surface area contributed by atoms with E-state index in [2.05, 4.69) is 5.32 Å². The van der Waals surface area contributed by atoms with Crippen LogP contribution in [0.3, 0.4) is 0 Å². The van der Waals surface area contributed by atoms with Gasteiger partial charge < -0.3 is 24.8 Å². The molecular weight excluding hydrogens is 552 g/mol. The molecule has 224 valence electrons. The minimum absolute atomic E-state index is 0.0390. The molecule has 6 rings (SSSR count). The Morgan fingerprint density at radius 2 is 1.61 bits per heavy atom. The van der Waals surface area contributed by atoms with Crippen LogP contribution < -0.4 is 5.32 Å². The lowest BCUT2D eigenvalue weighted by Gasteiger charge is -2.28. The van der Waals surface area contributed by atoms with E-state index in [1.807, 2.05) is 109 Å². The van der Waals surface area contributed by atoms with Crippen molar-refractivity contribution in [1.82, 2.24) is 19.7 Å². The SMILES string of the molecule is CN(Cc1ccccc1)C(=O)[C@H](Cc1ccc2ccccc2c1)NC(=O)[C@@H]1C[C@@H](O)CN1C(=O)c1cn(C)c2ccccc12. The maximum atomic E-state index is 13.9. The lowest BCUT2D eigenvalue weighted by molar-refractivity contribution is -0.136. The van der Waals surface area contributed by atoms with Crippen molar-refractivity contribution in [2.45, 2.75) is 37.6 Å². The Morgan fingerprint density at radius 1 is 0.909 bits per heavy atom. The molecule has 0 bridgehead atoms. The van der Waals surface area contributed by atoms with E-state index in [1.54, 1.807) is 18.1 Å². The molecule has 0 unspecified atom stereocenters. The first kappa shape index (κ1) is 29.1. The van der Waals surface area contributed by atoms with Crippen LogP contribution in [0.25, 0.3) is 21.7 Å². The number of nitrogens with zero attached hydrogens (tertiary/aromatic N) is 3. The van der Waals surface area contributed by atoms with Crippen molar-refractivity contribution in [3.05, 3.63) is 120 Å². The van der Waals surface area contributed by atoms with E-state index in [4.69, 9.17) is 0 Å². The van der Waals surface area contributed by atoms with Crippen LogP contribution in [-0.2, 0) is 29.6 Å². The molecule has 0 saturated carbocycles. The van der Waals surface area contributed by atoms with Crippen LogP contribution in [-0.4, -0.2) is 69.0 Å². The van der Waals surface area contributed by atoms with Crippen LogP contribution in [0, 0.1) is 0 Å². The van der Waals surface area contributed by atoms with Gasteiger partial charge in [-0.25, -0.2) is 0 Å². The average molecular weight is 589 g/mol. The molecule has 3 atom stereocenters. The van der Waals surface area contributed by atoms with Gasteiger partial charge in [-0.15, -0.1) is 0 Å². The van der Waals surface area contributed by atoms with E-state index in [0.717, 1.165) is 32.8 Å². The third-order valence-electron chi connectivity index (χ3n) is 8.48. The summed E-state index contributed by atoms with van der Waals surface area (Å²) in [6.07, 6.45) is 1.29. The number of rotatable bonds is 8. The van der Waals surface area contributed by atoms with Crippen molar-refractivity contribution in [3.63, 3.8) is 0 Å². The molecule has 0 radical (unpaired) electrons. The molecule has 1 saturated heterocycles. The number of aliphatic hydroxyl groups excluding tert-OH is 1. The summed E-state index contributed by atoms with van der Waals surface area (Å²) in [6.45, 7) is 0.426. The molecule has 0 aliphatic carbocycles. The van der Waals surface area contributed by atoms with Crippen LogP contribution in [0.4, 0.5) is 0 Å². The predicted octanol–water partition coefficient (Wildman–Crippen LogP) is 4.29. The number of hydrogen-bond acceptors (Lipinski definition) is 4. The van der Waals surface area contributed by atoms with E-state index in [-0.39, 0.29) is 31.2 Å². The van der Waals surface area contributed by atoms with E-state index in [0.29, 0.717) is 12.1 Å². The summed E-state index contributed by atoms with van der Waals surface area (Å²) < 4.78 is 1.88. The first-order valence-electron chi connectivity index (χ1n) is 14.9. The zero-order valence-corrected chi connectivity index (χ0v) is 24.9. The molecule has 3 amide bonds. The number of carbonyl (C=O) groups is 3. The van der Waals surface area contributed by atoms with Crippen LogP contribution in [0.15, 0.2) is 103 Å². The van der Waals surface area contributed by atoms with Gasteiger partial charge in [-0.1, -0.05) is 91.0 Å². The van der Waals surface area contributed by atoms with Gasteiger partial charge in [0.2, 0.25) is 11.8 Å². The Kier molecular flexibility index (Phi) is 8.17. The number of likely N-dealkylation sites (tertiary alicyclic amines) is 1. The molecule has 4 aromatic carbocycles. The summed E-state index contributed by atoms with van der Waals surface area (Å²) in [4.78, 5) is 44.7. The van der Waals surface area contributed by atoms with Crippen LogP contribution in [0.2, 0.25) is 0 Å². The number of fused-ring (bicyclic) bond motifs is 2. The minimum atomic E-state index is -0.914. The molecule has 0 spiro atoms. The fourth-order valence-corrected chi connectivity index (χ4v) is 6.22. The van der Waals surface area contributed by atoms with E-state index in [9.17, 15) is 19.5 Å². The summed E-state index contributed by atoms with van der Waals surface area (Å²) in [7, 11) is 3.60. The minimum Gasteiger partial charge on any atom is -0.391 e. The fourth-order valence-electron chi connectivity index (χ4n) is 6.22. The zero-order chi connectivity index (χ0) is 30.8. The summed E-state index contributed by atoms with van der Waals surface area (Å²) in [5.74, 6) is -1.01. The summed E-state index contributed by atoms with van der Waals surface area (Å²) in [5.41, 5.74) is 3.26. The smallest absolute Gasteiger partial charge is 0.256 e. The number of aliphatic hydroxyl groups is 1. The van der Waals surface area contributed by atoms with Gasteiger partial charge in [-0.2, -0.15) is 0 Å². The first-order chi connectivity index (χ1) is 21.3. The topological polar surface area (TPSA) is 94.9 Å². The quantitative estimate of drug-likeness (QED) is 0.283. The molecule has 1 aromatic heterocycles. The Labute approximate surface area is 256 Å². The van der Waals surface area contributed by atoms with Crippen molar-refractivity contribution in [3.8, 4) is 0 Å². The van der Waals surface area contributed by atoms with Gasteiger partial charge >= 0.3 is 0 Å². The number of likely N-dealkylation sites (N-methyl/N-ethyl adjacent to an activating group) is 1. The van der Waals surface area contributed by atoms with Gasteiger partial charge in [-0.05, 0) is 28.0 Å². The Balaban J connectivity index is 1.26. The highest BCUT2D eigenvalue weighted by Gasteiger charge is 2.41. The highest BCUT2D eigenvalue weighted by atomic mass is 16.3. The van der Waals surface area contributed by atoms with Crippen LogP contribution in [0.5, 0.6) is 0 Å². The van der Waals surface area contributed by atoms with Crippen molar-refractivity contribution in [2.24, 2.45) is 7.05 Å². The summed E-state index contributed by atoms with van der Waals surface area (Å²) in [5, 5.41) is 16.5. The third-order valence-corrected chi connectivity index (χ3v) is 8.48. The molecule has 2 heterocycles. The maximum Gasteiger partial charge on any atom is 0.256 e. The van der Waals surface area contributed by atoms with Crippen LogP contribution in [0.1, 0.15) is 27.9 Å². The van der Waals surface area contributed by atoms with Gasteiger partial charge in [0.15, 0.2) is 0 Å². The Hall–Kier alpha value is -4.95. The normalized spacial score (nSPS) is 17.1. The van der Waals surface area contributed by atoms with Crippen LogP contribution >= 0.6 is 0 Å². The molecule has 2 N–H and O–H groups in total. The van der Waals surface area contributed by atoms with E-state index in [1.165, 1.54) is 4.90 Å². The van der Waals surface area contributed by atoms with Gasteiger partial charge in [0, 0.05) is 57.1 Å². The highest BCUT2D eigenvalue weighted by Crippen LogP contribution is 2.27. The second-order valence-electron chi connectivity index (χ2n) is 11.7. The number of aromatic nitrogens is 1. The maximum absolute atomic E-state index is 13.9. The van der Waals surface area contributed by atoms with Gasteiger partial charge in [0.05, 0.1) is 11.7 Å². The number of para-hydroxylation sites is 1. The molecule has 44 heavy (non-hydrogen) atoms. The lowest BCUT2D eigenvalue weighted by atomic mass is 10.00. The molecule has 1 aliphatic heterocycles. The number of nitrogens with one attached hydrogen (secondary N) is 1. The summed E-state index contributed by atoms with van der Waals surface area (Å²) >= 11 is 0. The third kappa shape index (κ3) is 5.94. The number of aryl methyl sites for hydroxylation is 1. The van der Waals surface area contributed by atoms with Crippen molar-refractivity contribution < 1.29 is 19.5 Å². The molecule has 1 fully saturated rings. The van der Waals surface area contributed by atoms with Crippen molar-refractivity contribution in [2.75, 3.05) is 13.6 Å². The second-order valence-corrected chi connectivity index (χ2v) is 11.7. The number of amides is 3. The monoisotopic (exact) mass is 588 g/mol. The first-order valence-corrected chi connectivity index (χ1v) is 14.9. The average Bonchev–Trinajstić information content (AvgIpc) is 3.60. The van der Waals surface area contributed by atoms with Crippen molar-refractivity contribution >= 4 is 39.4 Å². The van der Waals surface area contributed by atoms with Crippen molar-refractivity contribution in [1.29, 1.82) is 0 Å². The van der Waals surface area contributed by atoms with Gasteiger partial charge in [-0.3, -0.25) is 14.4 Å². The number of benzene rings is 4. The predicted molar refractivity (Wildman–Crippen MR) is 171 cm³/mol. The van der Waals surface area contributed by atoms with Gasteiger partial charge in [0.25, 0.3) is 5.91 Å². The molecule has 8 heteroatoms. The Morgan fingerprint density at radius 3 is 2.41 bits per heavy atom. The molecule has 1 aliphatic rings. The number of β-amino-alcohol motifs (C(OH)–C–C–N with tert-alkyl or cyclic N) is 1. The van der Waals surface area contributed by atoms with E-state index < -0.39 is 24.1 Å². The number of hydrogen-bond donors (Lipinski definition) is 2. The lowest BCUT2D eigenvalue weighted by Crippen LogP contribution is -2.54. The standard InChI is InChI=1S/C36H36N4O4/c1-38-23-30(29-14-8-9-15-32(29)38)35(43)40-22-28(41)20-33(40)34(42)37-31(36(44)39(2)21-24-10-4-3-5-11-24)19-25-16-17-26-12-6-7-13-27(26)18-25/h3-18,23,28,31,33,41H,19-22H2,1-2H3,(H,37,42)/t28-,31+,33+/m1/s1. The Bertz CT molecular complexity index is 1830. The highest BCUT2D eigenvalue weighted by molar-refractivity contribution is 6.08. The summed E-state index contributed by atoms with van der Waals surface area (Å²) in [6, 6.07) is 29.5. The molecule has 8 nitrogen and oxygen atoms in total.